The second-order valence-corrected chi connectivity index (χ2v) is 2.27. The van der Waals surface area contributed by atoms with Crippen LogP contribution in [0.2, 0.25) is 0 Å². The molecule has 1 N–H and O–H groups in total. The van der Waals surface area contributed by atoms with Gasteiger partial charge >= 0.3 is 0 Å². The van der Waals surface area contributed by atoms with Crippen molar-refractivity contribution in [3.8, 4) is 0 Å². The highest BCUT2D eigenvalue weighted by Gasteiger charge is 2.23. The van der Waals surface area contributed by atoms with Gasteiger partial charge in [0.1, 0.15) is 0 Å². The van der Waals surface area contributed by atoms with Gasteiger partial charge in [-0.3, -0.25) is 0 Å². The summed E-state index contributed by atoms with van der Waals surface area (Å²) in [7, 11) is 0. The van der Waals surface area contributed by atoms with Gasteiger partial charge in [-0.2, -0.15) is 0 Å². The minimum Gasteiger partial charge on any atom is -0.390 e. The summed E-state index contributed by atoms with van der Waals surface area (Å²) in [4.78, 5) is 0. The third-order valence-corrected chi connectivity index (χ3v) is 1.69. The molecule has 1 aliphatic heterocycles. The van der Waals surface area contributed by atoms with Gasteiger partial charge in [0.15, 0.2) is 0 Å². The Labute approximate surface area is 49.5 Å². The Morgan fingerprint density at radius 2 is 2.38 bits per heavy atom. The van der Waals surface area contributed by atoms with Crippen molar-refractivity contribution in [3.05, 3.63) is 0 Å². The number of aliphatic hydroxyl groups is 1. The normalized spacial score (nSPS) is 38.2. The van der Waals surface area contributed by atoms with Crippen LogP contribution < -0.4 is 0 Å². The van der Waals surface area contributed by atoms with E-state index in [0.717, 1.165) is 13.0 Å². The van der Waals surface area contributed by atoms with E-state index in [1.165, 1.54) is 0 Å². The number of hydrogen-bond donors (Lipinski definition) is 1. The molecule has 2 atom stereocenters. The van der Waals surface area contributed by atoms with Crippen molar-refractivity contribution in [2.75, 3.05) is 13.2 Å². The Kier molecular flexibility index (Phi) is 1.86. The highest BCUT2D eigenvalue weighted by Crippen LogP contribution is 2.15. The van der Waals surface area contributed by atoms with Crippen molar-refractivity contribution in [2.24, 2.45) is 5.92 Å². The van der Waals surface area contributed by atoms with Gasteiger partial charge in [-0.25, -0.2) is 0 Å². The molecule has 0 amide bonds. The maximum atomic E-state index is 9.06. The summed E-state index contributed by atoms with van der Waals surface area (Å²) in [6.45, 7) is 3.36. The van der Waals surface area contributed by atoms with Gasteiger partial charge in [0.2, 0.25) is 0 Å². The first-order chi connectivity index (χ1) is 3.84. The van der Waals surface area contributed by atoms with E-state index in [0.29, 0.717) is 12.5 Å². The van der Waals surface area contributed by atoms with Gasteiger partial charge in [-0.05, 0) is 6.42 Å². The van der Waals surface area contributed by atoms with E-state index in [2.05, 4.69) is 6.92 Å². The van der Waals surface area contributed by atoms with Crippen LogP contribution >= 0.6 is 0 Å². The maximum absolute atomic E-state index is 9.06. The molecule has 2 nitrogen and oxygen atoms in total. The van der Waals surface area contributed by atoms with Crippen LogP contribution in [0.3, 0.4) is 0 Å². The van der Waals surface area contributed by atoms with Crippen molar-refractivity contribution in [2.45, 2.75) is 19.4 Å². The van der Waals surface area contributed by atoms with Gasteiger partial charge in [0.25, 0.3) is 0 Å². The van der Waals surface area contributed by atoms with Crippen LogP contribution in [0.4, 0.5) is 0 Å². The Morgan fingerprint density at radius 1 is 1.62 bits per heavy atom. The molecule has 0 aromatic rings. The topological polar surface area (TPSA) is 29.5 Å². The van der Waals surface area contributed by atoms with Crippen molar-refractivity contribution in [1.82, 2.24) is 0 Å². The van der Waals surface area contributed by atoms with Crippen molar-refractivity contribution in [1.29, 1.82) is 0 Å². The first kappa shape index (κ1) is 6.05. The van der Waals surface area contributed by atoms with E-state index in [1.54, 1.807) is 0 Å². The summed E-state index contributed by atoms with van der Waals surface area (Å²) in [6, 6.07) is 0. The molecule has 0 aliphatic carbocycles. The largest absolute Gasteiger partial charge is 0.390 e. The lowest BCUT2D eigenvalue weighted by Crippen LogP contribution is -2.16. The SMILES string of the molecule is CC[C@@H]1COC[C@H]1O. The van der Waals surface area contributed by atoms with Crippen molar-refractivity contribution < 1.29 is 9.84 Å². The fourth-order valence-corrected chi connectivity index (χ4v) is 0.977. The molecular formula is C6H12O2. The molecule has 1 heterocycles. The van der Waals surface area contributed by atoms with Crippen LogP contribution in [-0.2, 0) is 4.74 Å². The number of ether oxygens (including phenoxy) is 1. The minimum atomic E-state index is -0.194. The van der Waals surface area contributed by atoms with E-state index in [4.69, 9.17) is 9.84 Å². The molecule has 0 bridgehead atoms. The Bertz CT molecular complexity index is 72.9. The summed E-state index contributed by atoms with van der Waals surface area (Å²) in [5.74, 6) is 0.398. The zero-order chi connectivity index (χ0) is 5.98. The quantitative estimate of drug-likeness (QED) is 0.537. The predicted octanol–water partition coefficient (Wildman–Crippen LogP) is 0.404. The molecule has 2 heteroatoms. The molecule has 0 saturated carbocycles. The van der Waals surface area contributed by atoms with Gasteiger partial charge in [0, 0.05) is 5.92 Å². The first-order valence-electron chi connectivity index (χ1n) is 3.10. The number of aliphatic hydroxyl groups excluding tert-OH is 1. The summed E-state index contributed by atoms with van der Waals surface area (Å²) in [5.41, 5.74) is 0. The monoisotopic (exact) mass is 116 g/mol. The molecule has 0 unspecified atom stereocenters. The standard InChI is InChI=1S/C6H12O2/c1-2-5-3-8-4-6(5)7/h5-7H,2-4H2,1H3/t5-,6-/m1/s1. The van der Waals surface area contributed by atoms with Crippen LogP contribution in [0.15, 0.2) is 0 Å². The Hall–Kier alpha value is -0.0800. The summed E-state index contributed by atoms with van der Waals surface area (Å²) in [5, 5.41) is 9.06. The van der Waals surface area contributed by atoms with E-state index in [9.17, 15) is 0 Å². The average molecular weight is 116 g/mol. The zero-order valence-electron chi connectivity index (χ0n) is 5.13. The Morgan fingerprint density at radius 3 is 2.62 bits per heavy atom. The molecule has 0 aromatic heterocycles. The summed E-state index contributed by atoms with van der Waals surface area (Å²) < 4.78 is 5.01. The predicted molar refractivity (Wildman–Crippen MR) is 30.6 cm³/mol. The lowest BCUT2D eigenvalue weighted by atomic mass is 10.0. The maximum Gasteiger partial charge on any atom is 0.0823 e. The third kappa shape index (κ3) is 1.01. The van der Waals surface area contributed by atoms with E-state index >= 15 is 0 Å². The molecule has 48 valence electrons. The smallest absolute Gasteiger partial charge is 0.0823 e. The third-order valence-electron chi connectivity index (χ3n) is 1.69. The second-order valence-electron chi connectivity index (χ2n) is 2.27. The molecule has 1 aliphatic rings. The molecule has 0 aromatic carbocycles. The molecule has 8 heavy (non-hydrogen) atoms. The number of hydrogen-bond acceptors (Lipinski definition) is 2. The van der Waals surface area contributed by atoms with Crippen LogP contribution in [0.1, 0.15) is 13.3 Å². The highest BCUT2D eigenvalue weighted by atomic mass is 16.5. The average Bonchev–Trinajstić information content (AvgIpc) is 2.14. The van der Waals surface area contributed by atoms with Gasteiger partial charge < -0.3 is 9.84 Å². The van der Waals surface area contributed by atoms with Gasteiger partial charge in [-0.15, -0.1) is 0 Å². The lowest BCUT2D eigenvalue weighted by molar-refractivity contribution is 0.118. The molecule has 1 rings (SSSR count). The molecule has 0 radical (unpaired) electrons. The highest BCUT2D eigenvalue weighted by molar-refractivity contribution is 4.71. The van der Waals surface area contributed by atoms with Crippen LogP contribution in [0.5, 0.6) is 0 Å². The zero-order valence-corrected chi connectivity index (χ0v) is 5.13. The van der Waals surface area contributed by atoms with Crippen molar-refractivity contribution >= 4 is 0 Å². The number of rotatable bonds is 1. The second kappa shape index (κ2) is 2.46. The molecule has 1 saturated heterocycles. The van der Waals surface area contributed by atoms with Crippen LogP contribution in [0, 0.1) is 5.92 Å². The van der Waals surface area contributed by atoms with Crippen LogP contribution in [0.25, 0.3) is 0 Å². The Balaban J connectivity index is 2.30. The fourth-order valence-electron chi connectivity index (χ4n) is 0.977. The van der Waals surface area contributed by atoms with Crippen molar-refractivity contribution in [3.63, 3.8) is 0 Å². The van der Waals surface area contributed by atoms with Crippen LogP contribution in [-0.4, -0.2) is 24.4 Å². The fraction of sp³-hybridized carbons (Fsp3) is 1.00. The minimum absolute atomic E-state index is 0.194. The molecular weight excluding hydrogens is 104 g/mol. The van der Waals surface area contributed by atoms with Gasteiger partial charge in [-0.1, -0.05) is 6.92 Å². The van der Waals surface area contributed by atoms with E-state index < -0.39 is 0 Å². The summed E-state index contributed by atoms with van der Waals surface area (Å²) >= 11 is 0. The summed E-state index contributed by atoms with van der Waals surface area (Å²) in [6.07, 6.45) is 0.834. The lowest BCUT2D eigenvalue weighted by Gasteiger charge is -2.06. The van der Waals surface area contributed by atoms with Gasteiger partial charge in [0.05, 0.1) is 19.3 Å². The van der Waals surface area contributed by atoms with E-state index in [-0.39, 0.29) is 6.10 Å². The first-order valence-corrected chi connectivity index (χ1v) is 3.10. The molecule has 1 fully saturated rings. The van der Waals surface area contributed by atoms with E-state index in [1.807, 2.05) is 0 Å². The molecule has 0 spiro atoms.